The molecule has 0 bridgehead atoms. The highest BCUT2D eigenvalue weighted by molar-refractivity contribution is 6.30. The van der Waals surface area contributed by atoms with Crippen molar-refractivity contribution in [3.63, 3.8) is 0 Å². The van der Waals surface area contributed by atoms with Crippen LogP contribution in [0.15, 0.2) is 48.5 Å². The number of nitrogens with one attached hydrogen (secondary N) is 2. The van der Waals surface area contributed by atoms with Crippen LogP contribution in [0.4, 0.5) is 10.5 Å². The zero-order valence-corrected chi connectivity index (χ0v) is 20.2. The molecule has 7 nitrogen and oxygen atoms in total. The number of ether oxygens (including phenoxy) is 1. The van der Waals surface area contributed by atoms with E-state index in [0.717, 1.165) is 69.9 Å². The minimum absolute atomic E-state index is 0.0445. The Morgan fingerprint density at radius 2 is 1.85 bits per heavy atom. The van der Waals surface area contributed by atoms with Crippen molar-refractivity contribution < 1.29 is 14.3 Å². The van der Waals surface area contributed by atoms with Crippen molar-refractivity contribution >= 4 is 29.2 Å². The first-order chi connectivity index (χ1) is 16.6. The molecular weight excluding hydrogens is 452 g/mol. The van der Waals surface area contributed by atoms with E-state index in [1.165, 1.54) is 0 Å². The second-order valence-electron chi connectivity index (χ2n) is 8.91. The average Bonchev–Trinajstić information content (AvgIpc) is 2.88. The van der Waals surface area contributed by atoms with Crippen LogP contribution < -0.4 is 10.6 Å². The summed E-state index contributed by atoms with van der Waals surface area (Å²) in [7, 11) is 0. The molecule has 2 aromatic rings. The van der Waals surface area contributed by atoms with E-state index in [4.69, 9.17) is 16.3 Å². The molecule has 3 amide bonds. The standard InChI is InChI=1S/C26H33ClN4O3/c27-23-7-9-24(10-8-23)29-26(33)31-13-2-6-22(19-31)20-4-1-5-21(18-20)25(32)28-11-3-12-30-14-16-34-17-15-30/h1,4-5,7-10,18,22H,2-3,6,11-17,19H2,(H,28,32)(H,29,33). The van der Waals surface area contributed by atoms with Crippen molar-refractivity contribution in [3.05, 3.63) is 64.7 Å². The largest absolute Gasteiger partial charge is 0.379 e. The summed E-state index contributed by atoms with van der Waals surface area (Å²) in [5.74, 6) is 0.163. The van der Waals surface area contributed by atoms with Crippen LogP contribution in [0.5, 0.6) is 0 Å². The summed E-state index contributed by atoms with van der Waals surface area (Å²) in [5, 5.41) is 6.63. The maximum atomic E-state index is 12.8. The molecule has 34 heavy (non-hydrogen) atoms. The quantitative estimate of drug-likeness (QED) is 0.577. The summed E-state index contributed by atoms with van der Waals surface area (Å²) >= 11 is 5.93. The fourth-order valence-electron chi connectivity index (χ4n) is 4.53. The number of benzene rings is 2. The van der Waals surface area contributed by atoms with Gasteiger partial charge in [0.15, 0.2) is 0 Å². The van der Waals surface area contributed by atoms with Gasteiger partial charge in [-0.2, -0.15) is 0 Å². The minimum Gasteiger partial charge on any atom is -0.379 e. The molecule has 0 aliphatic carbocycles. The first-order valence-corrected chi connectivity index (χ1v) is 12.5. The fourth-order valence-corrected chi connectivity index (χ4v) is 4.66. The van der Waals surface area contributed by atoms with Gasteiger partial charge in [0.05, 0.1) is 13.2 Å². The van der Waals surface area contributed by atoms with Crippen LogP contribution in [0, 0.1) is 0 Å². The number of hydrogen-bond acceptors (Lipinski definition) is 4. The van der Waals surface area contributed by atoms with Crippen molar-refractivity contribution in [1.82, 2.24) is 15.1 Å². The van der Waals surface area contributed by atoms with Crippen LogP contribution in [-0.4, -0.2) is 74.2 Å². The van der Waals surface area contributed by atoms with Gasteiger partial charge in [-0.1, -0.05) is 23.7 Å². The Balaban J connectivity index is 1.28. The summed E-state index contributed by atoms with van der Waals surface area (Å²) < 4.78 is 5.37. The highest BCUT2D eigenvalue weighted by atomic mass is 35.5. The van der Waals surface area contributed by atoms with Crippen LogP contribution in [0.3, 0.4) is 0 Å². The Hall–Kier alpha value is -2.61. The molecule has 0 aromatic heterocycles. The first kappa shape index (κ1) is 24.5. The number of halogens is 1. The zero-order valence-electron chi connectivity index (χ0n) is 19.5. The van der Waals surface area contributed by atoms with E-state index in [0.29, 0.717) is 23.7 Å². The van der Waals surface area contributed by atoms with Crippen LogP contribution in [0.25, 0.3) is 0 Å². The number of urea groups is 1. The number of hydrogen-bond donors (Lipinski definition) is 2. The lowest BCUT2D eigenvalue weighted by Gasteiger charge is -2.33. The molecule has 8 heteroatoms. The molecule has 2 N–H and O–H groups in total. The molecule has 0 spiro atoms. The summed E-state index contributed by atoms with van der Waals surface area (Å²) in [5.41, 5.74) is 2.50. The molecule has 0 saturated carbocycles. The van der Waals surface area contributed by atoms with Gasteiger partial charge in [-0.15, -0.1) is 0 Å². The molecule has 182 valence electrons. The lowest BCUT2D eigenvalue weighted by molar-refractivity contribution is 0.0374. The molecule has 2 aliphatic rings. The highest BCUT2D eigenvalue weighted by Crippen LogP contribution is 2.28. The molecule has 2 aromatic carbocycles. The summed E-state index contributed by atoms with van der Waals surface area (Å²) in [6.07, 6.45) is 2.85. The Labute approximate surface area is 206 Å². The minimum atomic E-state index is -0.110. The Morgan fingerprint density at radius 1 is 1.06 bits per heavy atom. The monoisotopic (exact) mass is 484 g/mol. The van der Waals surface area contributed by atoms with E-state index in [9.17, 15) is 9.59 Å². The second-order valence-corrected chi connectivity index (χ2v) is 9.35. The number of morpholine rings is 1. The highest BCUT2D eigenvalue weighted by Gasteiger charge is 2.25. The fraction of sp³-hybridized carbons (Fsp3) is 0.462. The van der Waals surface area contributed by atoms with E-state index in [1.807, 2.05) is 23.1 Å². The average molecular weight is 485 g/mol. The molecular formula is C26H33ClN4O3. The van der Waals surface area contributed by atoms with Gasteiger partial charge in [0.1, 0.15) is 0 Å². The normalized spacial score (nSPS) is 19.0. The predicted molar refractivity (Wildman–Crippen MR) is 135 cm³/mol. The lowest BCUT2D eigenvalue weighted by Crippen LogP contribution is -2.41. The molecule has 1 unspecified atom stereocenters. The van der Waals surface area contributed by atoms with Gasteiger partial charge >= 0.3 is 6.03 Å². The van der Waals surface area contributed by atoms with Gasteiger partial charge in [0.2, 0.25) is 0 Å². The zero-order chi connectivity index (χ0) is 23.8. The van der Waals surface area contributed by atoms with E-state index in [2.05, 4.69) is 21.6 Å². The van der Waals surface area contributed by atoms with E-state index >= 15 is 0 Å². The van der Waals surface area contributed by atoms with Gasteiger partial charge in [-0.3, -0.25) is 9.69 Å². The SMILES string of the molecule is O=C(NCCCN1CCOCC1)c1cccc(C2CCCN(C(=O)Nc3ccc(Cl)cc3)C2)c1. The number of rotatable bonds is 7. The topological polar surface area (TPSA) is 73.9 Å². The van der Waals surface area contributed by atoms with Crippen LogP contribution in [-0.2, 0) is 4.74 Å². The van der Waals surface area contributed by atoms with Gasteiger partial charge < -0.3 is 20.3 Å². The van der Waals surface area contributed by atoms with Crippen molar-refractivity contribution in [2.24, 2.45) is 0 Å². The second kappa shape index (κ2) is 12.2. The Morgan fingerprint density at radius 3 is 2.65 bits per heavy atom. The molecule has 1 atom stereocenters. The summed E-state index contributed by atoms with van der Waals surface area (Å²) in [6.45, 7) is 6.49. The number of carbonyl (C=O) groups excluding carboxylic acids is 2. The van der Waals surface area contributed by atoms with Gasteiger partial charge in [0.25, 0.3) is 5.91 Å². The van der Waals surface area contributed by atoms with Gasteiger partial charge in [-0.05, 0) is 67.8 Å². The molecule has 0 radical (unpaired) electrons. The number of amides is 3. The Bertz CT molecular complexity index is 963. The van der Waals surface area contributed by atoms with Crippen LogP contribution in [0.2, 0.25) is 5.02 Å². The summed E-state index contributed by atoms with van der Waals surface area (Å²) in [4.78, 5) is 29.7. The summed E-state index contributed by atoms with van der Waals surface area (Å²) in [6, 6.07) is 14.8. The maximum absolute atomic E-state index is 12.8. The van der Waals surface area contributed by atoms with Crippen molar-refractivity contribution in [3.8, 4) is 0 Å². The third-order valence-electron chi connectivity index (χ3n) is 6.46. The van der Waals surface area contributed by atoms with Crippen molar-refractivity contribution in [2.75, 3.05) is 57.8 Å². The molecule has 2 saturated heterocycles. The molecule has 2 heterocycles. The first-order valence-electron chi connectivity index (χ1n) is 12.1. The van der Waals surface area contributed by atoms with Crippen molar-refractivity contribution in [2.45, 2.75) is 25.2 Å². The smallest absolute Gasteiger partial charge is 0.321 e. The van der Waals surface area contributed by atoms with Gasteiger partial charge in [0, 0.05) is 54.9 Å². The number of piperidine rings is 1. The number of nitrogens with zero attached hydrogens (tertiary/aromatic N) is 2. The third-order valence-corrected chi connectivity index (χ3v) is 6.72. The number of carbonyl (C=O) groups is 2. The van der Waals surface area contributed by atoms with E-state index in [1.54, 1.807) is 24.3 Å². The van der Waals surface area contributed by atoms with E-state index < -0.39 is 0 Å². The molecule has 4 rings (SSSR count). The Kier molecular flexibility index (Phi) is 8.79. The van der Waals surface area contributed by atoms with E-state index in [-0.39, 0.29) is 17.9 Å². The van der Waals surface area contributed by atoms with Crippen molar-refractivity contribution in [1.29, 1.82) is 0 Å². The predicted octanol–water partition coefficient (Wildman–Crippen LogP) is 4.20. The third kappa shape index (κ3) is 6.95. The van der Waals surface area contributed by atoms with Crippen LogP contribution >= 0.6 is 11.6 Å². The van der Waals surface area contributed by atoms with Gasteiger partial charge in [-0.25, -0.2) is 4.79 Å². The lowest BCUT2D eigenvalue weighted by atomic mass is 9.89. The maximum Gasteiger partial charge on any atom is 0.321 e. The molecule has 2 fully saturated rings. The number of likely N-dealkylation sites (tertiary alicyclic amines) is 1. The molecule has 2 aliphatic heterocycles. The number of anilines is 1. The van der Waals surface area contributed by atoms with Crippen LogP contribution in [0.1, 0.15) is 41.1 Å².